The number of carbonyl (C=O) groups is 1. The number of nitrogens with zero attached hydrogens (tertiary/aromatic N) is 1. The average molecular weight is 268 g/mol. The fourth-order valence-electron chi connectivity index (χ4n) is 2.92. The second-order valence-electron chi connectivity index (χ2n) is 5.68. The van der Waals surface area contributed by atoms with Gasteiger partial charge in [0.2, 0.25) is 0 Å². The normalized spacial score (nSPS) is 22.1. The Hall–Kier alpha value is -0.810. The molecule has 0 bridgehead atoms. The summed E-state index contributed by atoms with van der Waals surface area (Å²) in [4.78, 5) is 14.2. The molecule has 19 heavy (non-hydrogen) atoms. The highest BCUT2D eigenvalue weighted by atomic mass is 16.2. The average Bonchev–Trinajstić information content (AvgIpc) is 2.46. The molecule has 1 heterocycles. The van der Waals surface area contributed by atoms with E-state index in [1.165, 1.54) is 19.3 Å². The molecule has 2 aliphatic rings. The van der Waals surface area contributed by atoms with E-state index in [2.05, 4.69) is 20.9 Å². The van der Waals surface area contributed by atoms with Crippen molar-refractivity contribution in [2.45, 2.75) is 44.6 Å². The SMILES string of the molecule is O=C(NCCCN1CCNCC1)NC1CCCCC1. The monoisotopic (exact) mass is 268 g/mol. The van der Waals surface area contributed by atoms with Gasteiger partial charge in [-0.15, -0.1) is 0 Å². The summed E-state index contributed by atoms with van der Waals surface area (Å²) in [6.45, 7) is 6.32. The summed E-state index contributed by atoms with van der Waals surface area (Å²) in [5.41, 5.74) is 0. The van der Waals surface area contributed by atoms with Gasteiger partial charge in [-0.25, -0.2) is 4.79 Å². The minimum atomic E-state index is 0.0206. The zero-order chi connectivity index (χ0) is 13.3. The second-order valence-corrected chi connectivity index (χ2v) is 5.68. The number of hydrogen-bond acceptors (Lipinski definition) is 3. The summed E-state index contributed by atoms with van der Waals surface area (Å²) in [5, 5.41) is 9.41. The van der Waals surface area contributed by atoms with Crippen LogP contribution >= 0.6 is 0 Å². The van der Waals surface area contributed by atoms with Gasteiger partial charge in [0.15, 0.2) is 0 Å². The molecule has 0 aromatic heterocycles. The van der Waals surface area contributed by atoms with Crippen LogP contribution in [0.4, 0.5) is 4.79 Å². The van der Waals surface area contributed by atoms with Crippen molar-refractivity contribution in [3.63, 3.8) is 0 Å². The molecule has 0 atom stereocenters. The Bertz CT molecular complexity index is 260. The van der Waals surface area contributed by atoms with Crippen LogP contribution in [0.5, 0.6) is 0 Å². The van der Waals surface area contributed by atoms with Crippen LogP contribution in [0.15, 0.2) is 0 Å². The lowest BCUT2D eigenvalue weighted by Gasteiger charge is -2.27. The summed E-state index contributed by atoms with van der Waals surface area (Å²) >= 11 is 0. The van der Waals surface area contributed by atoms with Crippen LogP contribution in [0.1, 0.15) is 38.5 Å². The molecule has 0 unspecified atom stereocenters. The maximum absolute atomic E-state index is 11.7. The molecule has 1 aliphatic heterocycles. The van der Waals surface area contributed by atoms with Gasteiger partial charge in [0.25, 0.3) is 0 Å². The second kappa shape index (κ2) is 8.38. The first-order valence-corrected chi connectivity index (χ1v) is 7.82. The smallest absolute Gasteiger partial charge is 0.315 e. The molecule has 0 spiro atoms. The van der Waals surface area contributed by atoms with Gasteiger partial charge >= 0.3 is 6.03 Å². The van der Waals surface area contributed by atoms with Crippen LogP contribution < -0.4 is 16.0 Å². The van der Waals surface area contributed by atoms with Crippen LogP contribution in [0, 0.1) is 0 Å². The first-order chi connectivity index (χ1) is 9.34. The van der Waals surface area contributed by atoms with E-state index in [1.54, 1.807) is 0 Å². The first-order valence-electron chi connectivity index (χ1n) is 7.82. The molecule has 0 aromatic rings. The Morgan fingerprint density at radius 2 is 1.89 bits per heavy atom. The van der Waals surface area contributed by atoms with E-state index in [-0.39, 0.29) is 6.03 Å². The van der Waals surface area contributed by atoms with Crippen molar-refractivity contribution in [3.05, 3.63) is 0 Å². The van der Waals surface area contributed by atoms with Crippen molar-refractivity contribution in [1.29, 1.82) is 0 Å². The highest BCUT2D eigenvalue weighted by molar-refractivity contribution is 5.74. The zero-order valence-electron chi connectivity index (χ0n) is 11.9. The third-order valence-corrected chi connectivity index (χ3v) is 4.09. The van der Waals surface area contributed by atoms with E-state index in [0.29, 0.717) is 6.04 Å². The zero-order valence-corrected chi connectivity index (χ0v) is 11.9. The predicted molar refractivity (Wildman–Crippen MR) is 77.3 cm³/mol. The molecule has 2 rings (SSSR count). The molecule has 1 saturated heterocycles. The Morgan fingerprint density at radius 1 is 1.16 bits per heavy atom. The number of urea groups is 1. The van der Waals surface area contributed by atoms with Gasteiger partial charge in [-0.1, -0.05) is 19.3 Å². The van der Waals surface area contributed by atoms with E-state index in [9.17, 15) is 4.79 Å². The summed E-state index contributed by atoms with van der Waals surface area (Å²) in [7, 11) is 0. The van der Waals surface area contributed by atoms with Crippen LogP contribution in [0.2, 0.25) is 0 Å². The highest BCUT2D eigenvalue weighted by Gasteiger charge is 2.15. The number of carbonyl (C=O) groups excluding carboxylic acids is 1. The molecule has 2 amide bonds. The Balaban J connectivity index is 1.48. The molecule has 1 saturated carbocycles. The van der Waals surface area contributed by atoms with Gasteiger partial charge in [-0.2, -0.15) is 0 Å². The van der Waals surface area contributed by atoms with E-state index >= 15 is 0 Å². The summed E-state index contributed by atoms with van der Waals surface area (Å²) in [6.07, 6.45) is 7.17. The third kappa shape index (κ3) is 5.78. The van der Waals surface area contributed by atoms with Gasteiger partial charge in [0, 0.05) is 38.8 Å². The number of hydrogen-bond donors (Lipinski definition) is 3. The molecular weight excluding hydrogens is 240 g/mol. The fourth-order valence-corrected chi connectivity index (χ4v) is 2.92. The van der Waals surface area contributed by atoms with Gasteiger partial charge in [0.1, 0.15) is 0 Å². The van der Waals surface area contributed by atoms with Gasteiger partial charge in [0.05, 0.1) is 0 Å². The van der Waals surface area contributed by atoms with Gasteiger partial charge in [-0.05, 0) is 25.8 Å². The third-order valence-electron chi connectivity index (χ3n) is 4.09. The van der Waals surface area contributed by atoms with Crippen LogP contribution in [0.25, 0.3) is 0 Å². The summed E-state index contributed by atoms with van der Waals surface area (Å²) in [6, 6.07) is 0.425. The number of nitrogens with one attached hydrogen (secondary N) is 3. The van der Waals surface area contributed by atoms with E-state index in [4.69, 9.17) is 0 Å². The molecule has 5 nitrogen and oxygen atoms in total. The van der Waals surface area contributed by atoms with Crippen molar-refractivity contribution in [1.82, 2.24) is 20.9 Å². The Labute approximate surface area is 116 Å². The van der Waals surface area contributed by atoms with E-state index in [1.807, 2.05) is 0 Å². The van der Waals surface area contributed by atoms with E-state index < -0.39 is 0 Å². The topological polar surface area (TPSA) is 56.4 Å². The maximum Gasteiger partial charge on any atom is 0.315 e. The summed E-state index contributed by atoms with van der Waals surface area (Å²) < 4.78 is 0. The van der Waals surface area contributed by atoms with Gasteiger partial charge in [-0.3, -0.25) is 0 Å². The van der Waals surface area contributed by atoms with Crippen molar-refractivity contribution in [3.8, 4) is 0 Å². The molecule has 1 aliphatic carbocycles. The Morgan fingerprint density at radius 3 is 2.63 bits per heavy atom. The van der Waals surface area contributed by atoms with Gasteiger partial charge < -0.3 is 20.9 Å². The molecule has 2 fully saturated rings. The molecular formula is C14H28N4O. The maximum atomic E-state index is 11.7. The van der Waals surface area contributed by atoms with Crippen molar-refractivity contribution in [2.24, 2.45) is 0 Å². The quantitative estimate of drug-likeness (QED) is 0.650. The Kier molecular flexibility index (Phi) is 6.44. The van der Waals surface area contributed by atoms with Crippen molar-refractivity contribution >= 4 is 6.03 Å². The largest absolute Gasteiger partial charge is 0.338 e. The van der Waals surface area contributed by atoms with Crippen molar-refractivity contribution in [2.75, 3.05) is 39.3 Å². The summed E-state index contributed by atoms with van der Waals surface area (Å²) in [5.74, 6) is 0. The lowest BCUT2D eigenvalue weighted by atomic mass is 9.96. The number of rotatable bonds is 5. The molecule has 3 N–H and O–H groups in total. The van der Waals surface area contributed by atoms with E-state index in [0.717, 1.165) is 58.5 Å². The lowest BCUT2D eigenvalue weighted by Crippen LogP contribution is -2.45. The fraction of sp³-hybridized carbons (Fsp3) is 0.929. The molecule has 110 valence electrons. The first kappa shape index (κ1) is 14.6. The molecule has 5 heteroatoms. The minimum absolute atomic E-state index is 0.0206. The number of amides is 2. The van der Waals surface area contributed by atoms with Crippen LogP contribution in [-0.4, -0.2) is 56.2 Å². The molecule has 0 aromatic carbocycles. The highest BCUT2D eigenvalue weighted by Crippen LogP contribution is 2.17. The minimum Gasteiger partial charge on any atom is -0.338 e. The standard InChI is InChI=1S/C14H28N4O/c19-14(17-13-5-2-1-3-6-13)16-7-4-10-18-11-8-15-9-12-18/h13,15H,1-12H2,(H2,16,17,19). The lowest BCUT2D eigenvalue weighted by molar-refractivity contribution is 0.226. The van der Waals surface area contributed by atoms with Crippen molar-refractivity contribution < 1.29 is 4.79 Å². The van der Waals surface area contributed by atoms with Crippen LogP contribution in [-0.2, 0) is 0 Å². The molecule has 0 radical (unpaired) electrons. The van der Waals surface area contributed by atoms with Crippen LogP contribution in [0.3, 0.4) is 0 Å². The predicted octanol–water partition coefficient (Wildman–Crippen LogP) is 0.914. The number of piperazine rings is 1.